The second-order valence-electron chi connectivity index (χ2n) is 4.19. The SMILES string of the molecule is Cc1nc2ccc(-c3[nH][nH]c(=O)c3CN)cc2[nH]1. The smallest absolute Gasteiger partial charge is 0.269 e. The summed E-state index contributed by atoms with van der Waals surface area (Å²) in [6.45, 7) is 2.11. The third kappa shape index (κ3) is 1.54. The van der Waals surface area contributed by atoms with Gasteiger partial charge in [-0.05, 0) is 19.1 Å². The normalized spacial score (nSPS) is 11.2. The van der Waals surface area contributed by atoms with Crippen molar-refractivity contribution in [1.29, 1.82) is 0 Å². The van der Waals surface area contributed by atoms with E-state index in [4.69, 9.17) is 5.73 Å². The molecule has 0 saturated heterocycles. The second kappa shape index (κ2) is 3.85. The molecule has 0 unspecified atom stereocenters. The standard InChI is InChI=1S/C12H13N5O/c1-6-14-9-3-2-7(4-10(9)15-6)11-8(5-13)12(18)17-16-11/h2-4H,5,13H2,1H3,(H,14,15)(H2,16,17,18). The van der Waals surface area contributed by atoms with E-state index in [9.17, 15) is 4.79 Å². The first-order chi connectivity index (χ1) is 8.69. The summed E-state index contributed by atoms with van der Waals surface area (Å²) in [4.78, 5) is 19.0. The number of H-pyrrole nitrogens is 3. The van der Waals surface area contributed by atoms with Crippen molar-refractivity contribution in [1.82, 2.24) is 20.2 Å². The van der Waals surface area contributed by atoms with Gasteiger partial charge in [0.05, 0.1) is 22.3 Å². The van der Waals surface area contributed by atoms with E-state index in [1.54, 1.807) is 0 Å². The number of hydrogen-bond donors (Lipinski definition) is 4. The van der Waals surface area contributed by atoms with E-state index in [2.05, 4.69) is 20.2 Å². The average Bonchev–Trinajstić information content (AvgIpc) is 2.89. The van der Waals surface area contributed by atoms with Gasteiger partial charge in [0, 0.05) is 12.1 Å². The Balaban J connectivity index is 2.21. The van der Waals surface area contributed by atoms with E-state index < -0.39 is 0 Å². The van der Waals surface area contributed by atoms with Gasteiger partial charge in [-0.25, -0.2) is 4.98 Å². The van der Waals surface area contributed by atoms with Crippen LogP contribution in [0, 0.1) is 6.92 Å². The monoisotopic (exact) mass is 243 g/mol. The molecule has 0 radical (unpaired) electrons. The molecule has 0 aliphatic carbocycles. The van der Waals surface area contributed by atoms with Crippen LogP contribution in [0.2, 0.25) is 0 Å². The van der Waals surface area contributed by atoms with Gasteiger partial charge in [-0.3, -0.25) is 15.0 Å². The van der Waals surface area contributed by atoms with Crippen LogP contribution in [0.4, 0.5) is 0 Å². The largest absolute Gasteiger partial charge is 0.342 e. The minimum Gasteiger partial charge on any atom is -0.342 e. The quantitative estimate of drug-likeness (QED) is 0.540. The predicted molar refractivity (Wildman–Crippen MR) is 69.1 cm³/mol. The number of fused-ring (bicyclic) bond motifs is 1. The van der Waals surface area contributed by atoms with E-state index >= 15 is 0 Å². The fourth-order valence-electron chi connectivity index (χ4n) is 2.12. The summed E-state index contributed by atoms with van der Waals surface area (Å²) in [6, 6.07) is 5.79. The molecule has 2 heterocycles. The van der Waals surface area contributed by atoms with Gasteiger partial charge in [-0.1, -0.05) is 6.07 Å². The molecule has 18 heavy (non-hydrogen) atoms. The first kappa shape index (κ1) is 10.8. The van der Waals surface area contributed by atoms with Gasteiger partial charge in [0.2, 0.25) is 0 Å². The Morgan fingerprint density at radius 3 is 2.94 bits per heavy atom. The van der Waals surface area contributed by atoms with Crippen LogP contribution >= 0.6 is 0 Å². The lowest BCUT2D eigenvalue weighted by atomic mass is 10.1. The van der Waals surface area contributed by atoms with Gasteiger partial charge in [0.25, 0.3) is 5.56 Å². The molecule has 2 aromatic heterocycles. The molecule has 5 N–H and O–H groups in total. The molecule has 3 rings (SSSR count). The second-order valence-corrected chi connectivity index (χ2v) is 4.19. The Hall–Kier alpha value is -2.34. The maximum Gasteiger partial charge on any atom is 0.269 e. The lowest BCUT2D eigenvalue weighted by Crippen LogP contribution is -2.10. The Morgan fingerprint density at radius 2 is 2.17 bits per heavy atom. The molecule has 0 bridgehead atoms. The number of aromatic nitrogens is 4. The first-order valence-electron chi connectivity index (χ1n) is 5.65. The van der Waals surface area contributed by atoms with Crippen molar-refractivity contribution in [3.05, 3.63) is 39.9 Å². The minimum atomic E-state index is -0.173. The highest BCUT2D eigenvalue weighted by molar-refractivity contribution is 5.81. The molecule has 0 saturated carbocycles. The first-order valence-corrected chi connectivity index (χ1v) is 5.65. The van der Waals surface area contributed by atoms with E-state index in [0.717, 1.165) is 28.1 Å². The van der Waals surface area contributed by atoms with Crippen LogP contribution in [-0.2, 0) is 6.54 Å². The molecule has 0 aliphatic rings. The van der Waals surface area contributed by atoms with Crippen LogP contribution in [0.15, 0.2) is 23.0 Å². The van der Waals surface area contributed by atoms with E-state index in [0.29, 0.717) is 5.56 Å². The van der Waals surface area contributed by atoms with Crippen molar-refractivity contribution in [2.75, 3.05) is 0 Å². The number of benzene rings is 1. The molecular weight excluding hydrogens is 230 g/mol. The molecule has 0 atom stereocenters. The van der Waals surface area contributed by atoms with Gasteiger partial charge in [0.1, 0.15) is 5.82 Å². The van der Waals surface area contributed by atoms with Crippen LogP contribution in [0.25, 0.3) is 22.3 Å². The van der Waals surface area contributed by atoms with Gasteiger partial charge in [0.15, 0.2) is 0 Å². The number of nitrogens with one attached hydrogen (secondary N) is 3. The highest BCUT2D eigenvalue weighted by Gasteiger charge is 2.11. The van der Waals surface area contributed by atoms with Crippen molar-refractivity contribution >= 4 is 11.0 Å². The molecule has 0 aliphatic heterocycles. The number of rotatable bonds is 2. The number of hydrogen-bond acceptors (Lipinski definition) is 3. The molecule has 1 aromatic carbocycles. The predicted octanol–water partition coefficient (Wildman–Crippen LogP) is 1.01. The Kier molecular flexibility index (Phi) is 2.31. The summed E-state index contributed by atoms with van der Waals surface area (Å²) in [7, 11) is 0. The Morgan fingerprint density at radius 1 is 1.33 bits per heavy atom. The summed E-state index contributed by atoms with van der Waals surface area (Å²) >= 11 is 0. The maximum absolute atomic E-state index is 11.5. The summed E-state index contributed by atoms with van der Waals surface area (Å²) in [5, 5.41) is 5.41. The number of imidazole rings is 1. The molecule has 0 amide bonds. The summed E-state index contributed by atoms with van der Waals surface area (Å²) in [5.74, 6) is 0.865. The zero-order valence-electron chi connectivity index (χ0n) is 9.87. The Labute approximate surface area is 102 Å². The van der Waals surface area contributed by atoms with E-state index in [1.165, 1.54) is 0 Å². The Bertz CT molecular complexity index is 764. The summed E-state index contributed by atoms with van der Waals surface area (Å²) < 4.78 is 0. The molecule has 0 spiro atoms. The van der Waals surface area contributed by atoms with Crippen molar-refractivity contribution in [3.8, 4) is 11.3 Å². The molecule has 92 valence electrons. The fourth-order valence-corrected chi connectivity index (χ4v) is 2.12. The van der Waals surface area contributed by atoms with Gasteiger partial charge < -0.3 is 10.7 Å². The lowest BCUT2D eigenvalue weighted by molar-refractivity contribution is 1.04. The maximum atomic E-state index is 11.5. The number of aryl methyl sites for hydroxylation is 1. The average molecular weight is 243 g/mol. The molecule has 6 nitrogen and oxygen atoms in total. The van der Waals surface area contributed by atoms with E-state index in [-0.39, 0.29) is 12.1 Å². The lowest BCUT2D eigenvalue weighted by Gasteiger charge is -2.00. The van der Waals surface area contributed by atoms with Crippen molar-refractivity contribution in [2.24, 2.45) is 5.73 Å². The van der Waals surface area contributed by atoms with Crippen molar-refractivity contribution in [2.45, 2.75) is 13.5 Å². The van der Waals surface area contributed by atoms with Gasteiger partial charge in [-0.15, -0.1) is 0 Å². The molecular formula is C12H13N5O. The van der Waals surface area contributed by atoms with Crippen LogP contribution in [0.1, 0.15) is 11.4 Å². The summed E-state index contributed by atoms with van der Waals surface area (Å²) in [5.41, 5.74) is 9.46. The number of nitrogens with zero attached hydrogens (tertiary/aromatic N) is 1. The molecule has 0 fully saturated rings. The van der Waals surface area contributed by atoms with Gasteiger partial charge in [-0.2, -0.15) is 0 Å². The minimum absolute atomic E-state index is 0.173. The zero-order chi connectivity index (χ0) is 12.7. The van der Waals surface area contributed by atoms with Crippen molar-refractivity contribution < 1.29 is 0 Å². The highest BCUT2D eigenvalue weighted by Crippen LogP contribution is 2.22. The zero-order valence-corrected chi connectivity index (χ0v) is 9.87. The number of aromatic amines is 3. The third-order valence-electron chi connectivity index (χ3n) is 2.97. The van der Waals surface area contributed by atoms with E-state index in [1.807, 2.05) is 25.1 Å². The van der Waals surface area contributed by atoms with Crippen LogP contribution in [-0.4, -0.2) is 20.2 Å². The highest BCUT2D eigenvalue weighted by atomic mass is 16.1. The summed E-state index contributed by atoms with van der Waals surface area (Å²) in [6.07, 6.45) is 0. The molecule has 3 aromatic rings. The topological polar surface area (TPSA) is 103 Å². The van der Waals surface area contributed by atoms with Crippen LogP contribution < -0.4 is 11.3 Å². The fraction of sp³-hybridized carbons (Fsp3) is 0.167. The third-order valence-corrected chi connectivity index (χ3v) is 2.97. The van der Waals surface area contributed by atoms with Crippen LogP contribution in [0.3, 0.4) is 0 Å². The van der Waals surface area contributed by atoms with Crippen LogP contribution in [0.5, 0.6) is 0 Å². The van der Waals surface area contributed by atoms with Gasteiger partial charge >= 0.3 is 0 Å². The van der Waals surface area contributed by atoms with Crippen molar-refractivity contribution in [3.63, 3.8) is 0 Å². The number of nitrogens with two attached hydrogens (primary N) is 1. The molecule has 6 heteroatoms.